The molecule has 1 fully saturated rings. The Hall–Kier alpha value is -0.610. The Kier molecular flexibility index (Phi) is 4.54. The molecule has 0 bridgehead atoms. The molecule has 0 aromatic rings. The largest absolute Gasteiger partial charge is 0.389 e. The molecular weight excluding hydrogens is 192 g/mol. The number of amides is 1. The van der Waals surface area contributed by atoms with Crippen molar-refractivity contribution >= 4 is 5.91 Å². The van der Waals surface area contributed by atoms with Gasteiger partial charge in [-0.2, -0.15) is 0 Å². The van der Waals surface area contributed by atoms with Crippen LogP contribution < -0.4 is 5.32 Å². The molecule has 0 saturated heterocycles. The van der Waals surface area contributed by atoms with Gasteiger partial charge < -0.3 is 15.3 Å². The fraction of sp³-hybridized carbons (Fsp3) is 0.909. The van der Waals surface area contributed by atoms with Crippen LogP contribution >= 0.6 is 0 Å². The first-order chi connectivity index (χ1) is 7.06. The summed E-state index contributed by atoms with van der Waals surface area (Å²) in [7, 11) is 3.60. The third kappa shape index (κ3) is 4.18. The van der Waals surface area contributed by atoms with Crippen LogP contribution in [0.3, 0.4) is 0 Å². The second kappa shape index (κ2) is 5.47. The van der Waals surface area contributed by atoms with Crippen LogP contribution in [0.4, 0.5) is 0 Å². The van der Waals surface area contributed by atoms with E-state index >= 15 is 0 Å². The fourth-order valence-corrected chi connectivity index (χ4v) is 2.19. The van der Waals surface area contributed by atoms with E-state index in [0.717, 1.165) is 25.7 Å². The molecule has 88 valence electrons. The molecule has 0 unspecified atom stereocenters. The summed E-state index contributed by atoms with van der Waals surface area (Å²) in [5, 5.41) is 12.7. The molecule has 0 radical (unpaired) electrons. The van der Waals surface area contributed by atoms with Gasteiger partial charge in [0.05, 0.1) is 5.60 Å². The first-order valence-electron chi connectivity index (χ1n) is 5.67. The number of carbonyl (C=O) groups excluding carboxylic acids is 1. The third-order valence-electron chi connectivity index (χ3n) is 3.10. The number of hydrogen-bond acceptors (Lipinski definition) is 3. The summed E-state index contributed by atoms with van der Waals surface area (Å²) < 4.78 is 0. The second-order valence-corrected chi connectivity index (χ2v) is 4.59. The minimum Gasteiger partial charge on any atom is -0.389 e. The summed E-state index contributed by atoms with van der Waals surface area (Å²) >= 11 is 0. The molecule has 1 saturated carbocycles. The average molecular weight is 214 g/mol. The highest BCUT2D eigenvalue weighted by Gasteiger charge is 2.31. The molecule has 0 spiro atoms. The lowest BCUT2D eigenvalue weighted by atomic mass is 10.0. The van der Waals surface area contributed by atoms with Crippen LogP contribution in [0.2, 0.25) is 0 Å². The highest BCUT2D eigenvalue weighted by atomic mass is 16.3. The zero-order chi connectivity index (χ0) is 11.3. The van der Waals surface area contributed by atoms with Crippen LogP contribution in [0.15, 0.2) is 0 Å². The number of nitrogens with zero attached hydrogens (tertiary/aromatic N) is 1. The highest BCUT2D eigenvalue weighted by Crippen LogP contribution is 2.29. The Morgan fingerprint density at radius 3 is 2.60 bits per heavy atom. The summed E-state index contributed by atoms with van der Waals surface area (Å²) in [6.07, 6.45) is 4.55. The SMILES string of the molecule is CNC(=O)CCN(C)CC1(O)CCCC1. The van der Waals surface area contributed by atoms with Gasteiger partial charge >= 0.3 is 0 Å². The van der Waals surface area contributed by atoms with E-state index in [2.05, 4.69) is 5.32 Å². The van der Waals surface area contributed by atoms with Crippen molar-refractivity contribution in [2.24, 2.45) is 0 Å². The molecule has 15 heavy (non-hydrogen) atoms. The van der Waals surface area contributed by atoms with Crippen LogP contribution in [-0.2, 0) is 4.79 Å². The Labute approximate surface area is 91.6 Å². The lowest BCUT2D eigenvalue weighted by Gasteiger charge is -2.28. The van der Waals surface area contributed by atoms with Crippen molar-refractivity contribution in [2.45, 2.75) is 37.7 Å². The molecule has 0 atom stereocenters. The van der Waals surface area contributed by atoms with Gasteiger partial charge in [-0.1, -0.05) is 12.8 Å². The predicted molar refractivity (Wildman–Crippen MR) is 59.6 cm³/mol. The van der Waals surface area contributed by atoms with Crippen LogP contribution in [0, 0.1) is 0 Å². The number of rotatable bonds is 5. The highest BCUT2D eigenvalue weighted by molar-refractivity contribution is 5.75. The number of hydrogen-bond donors (Lipinski definition) is 2. The van der Waals surface area contributed by atoms with Crippen molar-refractivity contribution in [2.75, 3.05) is 27.2 Å². The molecule has 1 aliphatic rings. The van der Waals surface area contributed by atoms with Crippen molar-refractivity contribution < 1.29 is 9.90 Å². The van der Waals surface area contributed by atoms with Gasteiger partial charge in [0.2, 0.25) is 5.91 Å². The minimum atomic E-state index is -0.503. The third-order valence-corrected chi connectivity index (χ3v) is 3.10. The van der Waals surface area contributed by atoms with E-state index in [-0.39, 0.29) is 5.91 Å². The lowest BCUT2D eigenvalue weighted by Crippen LogP contribution is -2.40. The van der Waals surface area contributed by atoms with Gasteiger partial charge in [0.25, 0.3) is 0 Å². The van der Waals surface area contributed by atoms with Crippen molar-refractivity contribution in [3.8, 4) is 0 Å². The molecule has 4 nitrogen and oxygen atoms in total. The standard InChI is InChI=1S/C11H22N2O2/c1-12-10(14)5-8-13(2)9-11(15)6-3-4-7-11/h15H,3-9H2,1-2H3,(H,12,14). The van der Waals surface area contributed by atoms with Crippen molar-refractivity contribution in [3.05, 3.63) is 0 Å². The number of aliphatic hydroxyl groups is 1. The molecule has 0 heterocycles. The molecule has 0 aromatic carbocycles. The molecule has 1 amide bonds. The monoisotopic (exact) mass is 214 g/mol. The molecule has 4 heteroatoms. The zero-order valence-corrected chi connectivity index (χ0v) is 9.75. The van der Waals surface area contributed by atoms with E-state index in [1.807, 2.05) is 11.9 Å². The molecule has 0 aromatic heterocycles. The number of nitrogens with one attached hydrogen (secondary N) is 1. The number of carbonyl (C=O) groups is 1. The zero-order valence-electron chi connectivity index (χ0n) is 9.75. The quantitative estimate of drug-likeness (QED) is 0.695. The van der Waals surface area contributed by atoms with E-state index < -0.39 is 5.60 Å². The number of likely N-dealkylation sites (N-methyl/N-ethyl adjacent to an activating group) is 1. The van der Waals surface area contributed by atoms with Gasteiger partial charge in [-0.05, 0) is 19.9 Å². The molecule has 1 aliphatic carbocycles. The molecule has 0 aliphatic heterocycles. The van der Waals surface area contributed by atoms with E-state index in [0.29, 0.717) is 19.5 Å². The van der Waals surface area contributed by atoms with Crippen molar-refractivity contribution in [1.82, 2.24) is 10.2 Å². The van der Waals surface area contributed by atoms with Crippen LogP contribution in [0.1, 0.15) is 32.1 Å². The van der Waals surface area contributed by atoms with Crippen LogP contribution in [0.25, 0.3) is 0 Å². The van der Waals surface area contributed by atoms with Gasteiger partial charge in [0.1, 0.15) is 0 Å². The first kappa shape index (κ1) is 12.5. The summed E-state index contributed by atoms with van der Waals surface area (Å²) in [5.74, 6) is 0.0558. The van der Waals surface area contributed by atoms with E-state index in [4.69, 9.17) is 0 Å². The smallest absolute Gasteiger partial charge is 0.221 e. The summed E-state index contributed by atoms with van der Waals surface area (Å²) in [5.41, 5.74) is -0.503. The van der Waals surface area contributed by atoms with E-state index in [1.165, 1.54) is 0 Å². The van der Waals surface area contributed by atoms with Gasteiger partial charge in [-0.15, -0.1) is 0 Å². The Morgan fingerprint density at radius 2 is 2.07 bits per heavy atom. The topological polar surface area (TPSA) is 52.6 Å². The Bertz CT molecular complexity index is 213. The Balaban J connectivity index is 2.23. The van der Waals surface area contributed by atoms with Gasteiger partial charge in [-0.25, -0.2) is 0 Å². The van der Waals surface area contributed by atoms with Crippen LogP contribution in [0.5, 0.6) is 0 Å². The summed E-state index contributed by atoms with van der Waals surface area (Å²) in [6.45, 7) is 1.39. The van der Waals surface area contributed by atoms with E-state index in [9.17, 15) is 9.90 Å². The normalized spacial score (nSPS) is 19.5. The average Bonchev–Trinajstić information content (AvgIpc) is 2.61. The minimum absolute atomic E-state index is 0.0558. The van der Waals surface area contributed by atoms with Gasteiger partial charge in [0, 0.05) is 26.6 Å². The van der Waals surface area contributed by atoms with Crippen molar-refractivity contribution in [1.29, 1.82) is 0 Å². The molecule has 2 N–H and O–H groups in total. The lowest BCUT2D eigenvalue weighted by molar-refractivity contribution is -0.121. The maximum Gasteiger partial charge on any atom is 0.221 e. The maximum atomic E-state index is 11.0. The van der Waals surface area contributed by atoms with Crippen LogP contribution in [-0.4, -0.2) is 48.7 Å². The van der Waals surface area contributed by atoms with Gasteiger partial charge in [-0.3, -0.25) is 4.79 Å². The van der Waals surface area contributed by atoms with E-state index in [1.54, 1.807) is 7.05 Å². The predicted octanol–water partition coefficient (Wildman–Crippen LogP) is 0.359. The van der Waals surface area contributed by atoms with Crippen molar-refractivity contribution in [3.63, 3.8) is 0 Å². The molecule has 1 rings (SSSR count). The summed E-state index contributed by atoms with van der Waals surface area (Å²) in [4.78, 5) is 13.1. The Morgan fingerprint density at radius 1 is 1.47 bits per heavy atom. The summed E-state index contributed by atoms with van der Waals surface area (Å²) in [6, 6.07) is 0. The first-order valence-corrected chi connectivity index (χ1v) is 5.67. The fourth-order valence-electron chi connectivity index (χ4n) is 2.19. The van der Waals surface area contributed by atoms with Gasteiger partial charge in [0.15, 0.2) is 0 Å². The second-order valence-electron chi connectivity index (χ2n) is 4.59. The maximum absolute atomic E-state index is 11.0. The molecular formula is C11H22N2O2.